The Bertz CT molecular complexity index is 815. The topological polar surface area (TPSA) is 108 Å². The smallest absolute Gasteiger partial charge is 0.338 e. The van der Waals surface area contributed by atoms with Crippen LogP contribution in [0.4, 0.5) is 0 Å². The van der Waals surface area contributed by atoms with Gasteiger partial charge in [0.25, 0.3) is 0 Å². The highest BCUT2D eigenvalue weighted by Crippen LogP contribution is 2.28. The molecule has 2 heterocycles. The molecule has 154 valence electrons. The summed E-state index contributed by atoms with van der Waals surface area (Å²) in [6, 6.07) is 8.39. The quantitative estimate of drug-likeness (QED) is 0.431. The molecule has 2 aliphatic rings. The summed E-state index contributed by atoms with van der Waals surface area (Å²) in [5.74, 6) is -1.65. The van der Waals surface area contributed by atoms with Gasteiger partial charge in [-0.1, -0.05) is 24.3 Å². The van der Waals surface area contributed by atoms with Gasteiger partial charge in [0.1, 0.15) is 24.4 Å². The van der Waals surface area contributed by atoms with Crippen LogP contribution >= 0.6 is 0 Å². The molecule has 0 saturated carbocycles. The number of aliphatic hydroxyl groups excluding tert-OH is 1. The van der Waals surface area contributed by atoms with E-state index < -0.39 is 54.5 Å². The highest BCUT2D eigenvalue weighted by atomic mass is 16.6. The molecule has 3 rings (SSSR count). The number of fused-ring (bicyclic) bond motifs is 1. The van der Waals surface area contributed by atoms with Crippen LogP contribution in [-0.2, 0) is 28.5 Å². The molecule has 6 atom stereocenters. The van der Waals surface area contributed by atoms with Crippen LogP contribution in [0.2, 0.25) is 0 Å². The minimum absolute atomic E-state index is 0.348. The van der Waals surface area contributed by atoms with Gasteiger partial charge in [-0.2, -0.15) is 0 Å². The van der Waals surface area contributed by atoms with Crippen LogP contribution in [0.3, 0.4) is 0 Å². The van der Waals surface area contributed by atoms with E-state index in [9.17, 15) is 19.5 Å². The fourth-order valence-corrected chi connectivity index (χ4v) is 3.12. The Labute approximate surface area is 167 Å². The second-order valence-corrected chi connectivity index (χ2v) is 6.75. The molecular formula is C21H22O8. The Balaban J connectivity index is 1.72. The summed E-state index contributed by atoms with van der Waals surface area (Å²) in [6.45, 7) is 2.84. The number of hydrogen-bond donors (Lipinski definition) is 1. The maximum Gasteiger partial charge on any atom is 0.338 e. The third-order valence-electron chi connectivity index (χ3n) is 4.54. The van der Waals surface area contributed by atoms with E-state index in [0.29, 0.717) is 5.56 Å². The van der Waals surface area contributed by atoms with Gasteiger partial charge in [0.05, 0.1) is 5.56 Å². The summed E-state index contributed by atoms with van der Waals surface area (Å²) in [6.07, 6.45) is 0.848. The lowest BCUT2D eigenvalue weighted by molar-refractivity contribution is -0.150. The van der Waals surface area contributed by atoms with Crippen molar-refractivity contribution in [3.63, 3.8) is 0 Å². The van der Waals surface area contributed by atoms with Crippen LogP contribution in [0.25, 0.3) is 0 Å². The summed E-state index contributed by atoms with van der Waals surface area (Å²) in [4.78, 5) is 35.1. The average Bonchev–Trinajstić information content (AvgIpc) is 3.00. The number of carbonyl (C=O) groups is 3. The van der Waals surface area contributed by atoms with Crippen molar-refractivity contribution >= 4 is 17.9 Å². The molecule has 0 aromatic heterocycles. The minimum Gasteiger partial charge on any atom is -0.459 e. The Morgan fingerprint density at radius 1 is 1.21 bits per heavy atom. The molecule has 1 saturated heterocycles. The molecule has 0 spiro atoms. The fraction of sp³-hybridized carbons (Fsp3) is 0.381. The Morgan fingerprint density at radius 2 is 1.93 bits per heavy atom. The van der Waals surface area contributed by atoms with Crippen LogP contribution < -0.4 is 0 Å². The second-order valence-electron chi connectivity index (χ2n) is 6.75. The van der Waals surface area contributed by atoms with E-state index >= 15 is 0 Å². The molecule has 1 fully saturated rings. The molecule has 2 aliphatic heterocycles. The van der Waals surface area contributed by atoms with Crippen molar-refractivity contribution in [2.45, 2.75) is 50.5 Å². The molecule has 0 aliphatic carbocycles. The van der Waals surface area contributed by atoms with Crippen molar-refractivity contribution in [2.24, 2.45) is 0 Å². The SMILES string of the molecule is CC(=O)O[C@H](C)[C@@H](/C=C/[C@H]1O[C@H]2C=CC(=O)O[C@H]2[C@H]1O)OC(=O)c1ccccc1. The summed E-state index contributed by atoms with van der Waals surface area (Å²) < 4.78 is 21.4. The summed E-state index contributed by atoms with van der Waals surface area (Å²) in [7, 11) is 0. The van der Waals surface area contributed by atoms with Gasteiger partial charge < -0.3 is 24.1 Å². The van der Waals surface area contributed by atoms with Crippen molar-refractivity contribution in [1.29, 1.82) is 0 Å². The highest BCUT2D eigenvalue weighted by molar-refractivity contribution is 5.89. The first-order valence-electron chi connectivity index (χ1n) is 9.19. The zero-order chi connectivity index (χ0) is 21.0. The van der Waals surface area contributed by atoms with Crippen molar-refractivity contribution in [2.75, 3.05) is 0 Å². The normalized spacial score (nSPS) is 27.8. The van der Waals surface area contributed by atoms with Crippen LogP contribution in [0.5, 0.6) is 0 Å². The van der Waals surface area contributed by atoms with Crippen LogP contribution in [0.1, 0.15) is 24.2 Å². The third-order valence-corrected chi connectivity index (χ3v) is 4.54. The van der Waals surface area contributed by atoms with E-state index in [1.165, 1.54) is 31.2 Å². The highest BCUT2D eigenvalue weighted by Gasteiger charge is 2.45. The lowest BCUT2D eigenvalue weighted by atomic mass is 10.0. The molecule has 1 aromatic carbocycles. The van der Waals surface area contributed by atoms with Gasteiger partial charge in [0.15, 0.2) is 12.2 Å². The molecule has 29 heavy (non-hydrogen) atoms. The largest absolute Gasteiger partial charge is 0.459 e. The molecule has 0 amide bonds. The van der Waals surface area contributed by atoms with Gasteiger partial charge in [-0.3, -0.25) is 4.79 Å². The number of ether oxygens (including phenoxy) is 4. The molecule has 0 radical (unpaired) electrons. The lowest BCUT2D eigenvalue weighted by Gasteiger charge is -2.22. The molecule has 1 aromatic rings. The van der Waals surface area contributed by atoms with Gasteiger partial charge in [-0.25, -0.2) is 9.59 Å². The zero-order valence-corrected chi connectivity index (χ0v) is 16.0. The Kier molecular flexibility index (Phi) is 6.46. The standard InChI is InChI=1S/C21H22O8/c1-12(26-13(2)22)15(28-21(25)14-6-4-3-5-7-14)8-9-16-19(24)20-17(27-16)10-11-18(23)29-20/h3-12,15-17,19-20,24H,1-2H3/b9-8+/t12-,15-,16-,17+,19+,20-/m1/s1. The first kappa shape index (κ1) is 20.8. The minimum atomic E-state index is -1.08. The van der Waals surface area contributed by atoms with Crippen LogP contribution in [-0.4, -0.2) is 59.6 Å². The summed E-state index contributed by atoms with van der Waals surface area (Å²) >= 11 is 0. The predicted octanol–water partition coefficient (Wildman–Crippen LogP) is 1.33. The zero-order valence-electron chi connectivity index (χ0n) is 16.0. The fourth-order valence-electron chi connectivity index (χ4n) is 3.12. The molecule has 8 heteroatoms. The number of benzene rings is 1. The summed E-state index contributed by atoms with van der Waals surface area (Å²) in [5.41, 5.74) is 0.348. The van der Waals surface area contributed by atoms with Crippen molar-refractivity contribution < 1.29 is 38.4 Å². The van der Waals surface area contributed by atoms with Gasteiger partial charge in [0, 0.05) is 13.0 Å². The van der Waals surface area contributed by atoms with Gasteiger partial charge in [0.2, 0.25) is 0 Å². The molecule has 0 unspecified atom stereocenters. The number of hydrogen-bond acceptors (Lipinski definition) is 8. The van der Waals surface area contributed by atoms with E-state index in [0.717, 1.165) is 0 Å². The van der Waals surface area contributed by atoms with E-state index in [1.54, 1.807) is 37.3 Å². The Hall–Kier alpha value is -2.97. The Morgan fingerprint density at radius 3 is 2.62 bits per heavy atom. The maximum atomic E-state index is 12.4. The molecule has 8 nitrogen and oxygen atoms in total. The van der Waals surface area contributed by atoms with E-state index in [1.807, 2.05) is 0 Å². The van der Waals surface area contributed by atoms with Gasteiger partial charge in [-0.05, 0) is 31.2 Å². The first-order chi connectivity index (χ1) is 13.8. The lowest BCUT2D eigenvalue weighted by Crippen LogP contribution is -2.38. The molecule has 0 bridgehead atoms. The average molecular weight is 402 g/mol. The van der Waals surface area contributed by atoms with Crippen LogP contribution in [0, 0.1) is 0 Å². The third kappa shape index (κ3) is 5.10. The van der Waals surface area contributed by atoms with Crippen molar-refractivity contribution in [3.8, 4) is 0 Å². The van der Waals surface area contributed by atoms with Gasteiger partial charge >= 0.3 is 17.9 Å². The van der Waals surface area contributed by atoms with Crippen molar-refractivity contribution in [1.82, 2.24) is 0 Å². The monoisotopic (exact) mass is 402 g/mol. The maximum absolute atomic E-state index is 12.4. The first-order valence-corrected chi connectivity index (χ1v) is 9.19. The van der Waals surface area contributed by atoms with E-state index in [-0.39, 0.29) is 0 Å². The van der Waals surface area contributed by atoms with Crippen molar-refractivity contribution in [3.05, 3.63) is 60.2 Å². The van der Waals surface area contributed by atoms with Gasteiger partial charge in [-0.15, -0.1) is 0 Å². The predicted molar refractivity (Wildman–Crippen MR) is 99.7 cm³/mol. The van der Waals surface area contributed by atoms with E-state index in [2.05, 4.69) is 0 Å². The molecular weight excluding hydrogens is 380 g/mol. The number of rotatable bonds is 6. The second kappa shape index (κ2) is 9.02. The molecule has 1 N–H and O–H groups in total. The number of carbonyl (C=O) groups excluding carboxylic acids is 3. The number of aliphatic hydroxyl groups is 1. The van der Waals surface area contributed by atoms with E-state index in [4.69, 9.17) is 18.9 Å². The van der Waals surface area contributed by atoms with Crippen LogP contribution in [0.15, 0.2) is 54.6 Å². The number of esters is 3. The summed E-state index contributed by atoms with van der Waals surface area (Å²) in [5, 5.41) is 10.4.